The van der Waals surface area contributed by atoms with E-state index in [1.165, 1.54) is 5.39 Å². The first-order valence-electron chi connectivity index (χ1n) is 5.80. The van der Waals surface area contributed by atoms with Crippen LogP contribution in [-0.2, 0) is 4.79 Å². The summed E-state index contributed by atoms with van der Waals surface area (Å²) in [5.74, 6) is 0.0378. The lowest BCUT2D eigenvalue weighted by Gasteiger charge is -2.17. The van der Waals surface area contributed by atoms with Crippen molar-refractivity contribution in [2.75, 3.05) is 9.74 Å². The van der Waals surface area contributed by atoms with E-state index in [2.05, 4.69) is 51.4 Å². The molecule has 3 nitrogen and oxygen atoms in total. The van der Waals surface area contributed by atoms with Crippen molar-refractivity contribution in [2.45, 2.75) is 13.1 Å². The van der Waals surface area contributed by atoms with E-state index in [1.54, 1.807) is 0 Å². The molecule has 0 bridgehead atoms. The van der Waals surface area contributed by atoms with Gasteiger partial charge < -0.3 is 10.6 Å². The SMILES string of the molecule is CC(NC(=O)CI)Nc1cccc2ccccc12. The monoisotopic (exact) mass is 354 g/mol. The van der Waals surface area contributed by atoms with Gasteiger partial charge in [-0.05, 0) is 18.4 Å². The molecule has 2 aromatic rings. The number of nitrogens with one attached hydrogen (secondary N) is 2. The van der Waals surface area contributed by atoms with Crippen LogP contribution in [0.4, 0.5) is 5.69 Å². The van der Waals surface area contributed by atoms with Crippen LogP contribution in [-0.4, -0.2) is 16.5 Å². The highest BCUT2D eigenvalue weighted by Gasteiger charge is 2.07. The van der Waals surface area contributed by atoms with Gasteiger partial charge in [-0.3, -0.25) is 4.79 Å². The average Bonchev–Trinajstić information content (AvgIpc) is 2.39. The Labute approximate surface area is 120 Å². The van der Waals surface area contributed by atoms with E-state index in [0.29, 0.717) is 4.43 Å². The van der Waals surface area contributed by atoms with Gasteiger partial charge in [0.2, 0.25) is 5.91 Å². The molecule has 2 rings (SSSR count). The fourth-order valence-electron chi connectivity index (χ4n) is 1.90. The van der Waals surface area contributed by atoms with Gasteiger partial charge in [-0.25, -0.2) is 0 Å². The Kier molecular flexibility index (Phi) is 4.41. The number of rotatable bonds is 4. The Morgan fingerprint density at radius 3 is 2.72 bits per heavy atom. The number of carbonyl (C=O) groups is 1. The molecule has 0 saturated heterocycles. The molecule has 0 radical (unpaired) electrons. The van der Waals surface area contributed by atoms with Crippen molar-refractivity contribution < 1.29 is 4.79 Å². The molecule has 4 heteroatoms. The topological polar surface area (TPSA) is 41.1 Å². The van der Waals surface area contributed by atoms with Crippen LogP contribution in [0.1, 0.15) is 6.92 Å². The zero-order valence-electron chi connectivity index (χ0n) is 10.1. The van der Waals surface area contributed by atoms with Crippen LogP contribution in [0, 0.1) is 0 Å². The lowest BCUT2D eigenvalue weighted by Crippen LogP contribution is -2.38. The van der Waals surface area contributed by atoms with Gasteiger partial charge in [0.25, 0.3) is 0 Å². The molecular weight excluding hydrogens is 339 g/mol. The zero-order chi connectivity index (χ0) is 13.0. The number of amides is 1. The minimum Gasteiger partial charge on any atom is -0.365 e. The highest BCUT2D eigenvalue weighted by Crippen LogP contribution is 2.23. The van der Waals surface area contributed by atoms with E-state index in [1.807, 2.05) is 31.2 Å². The van der Waals surface area contributed by atoms with E-state index in [0.717, 1.165) is 11.1 Å². The number of carbonyl (C=O) groups excluding carboxylic acids is 1. The second-order valence-corrected chi connectivity index (χ2v) is 4.86. The third-order valence-electron chi connectivity index (χ3n) is 2.66. The van der Waals surface area contributed by atoms with Crippen molar-refractivity contribution in [1.29, 1.82) is 0 Å². The number of hydrogen-bond donors (Lipinski definition) is 2. The molecule has 1 amide bonds. The van der Waals surface area contributed by atoms with Crippen molar-refractivity contribution in [2.24, 2.45) is 0 Å². The summed E-state index contributed by atoms with van der Waals surface area (Å²) in [5, 5.41) is 8.55. The van der Waals surface area contributed by atoms with Gasteiger partial charge in [0, 0.05) is 11.1 Å². The minimum atomic E-state index is -0.0851. The number of fused-ring (bicyclic) bond motifs is 1. The summed E-state index contributed by atoms with van der Waals surface area (Å²) >= 11 is 2.05. The van der Waals surface area contributed by atoms with Gasteiger partial charge in [0.15, 0.2) is 0 Å². The molecule has 0 aromatic heterocycles. The van der Waals surface area contributed by atoms with Gasteiger partial charge in [0.1, 0.15) is 0 Å². The predicted octanol–water partition coefficient (Wildman–Crippen LogP) is 3.15. The van der Waals surface area contributed by atoms with Crippen LogP contribution in [0.5, 0.6) is 0 Å². The molecule has 0 heterocycles. The zero-order valence-corrected chi connectivity index (χ0v) is 12.3. The highest BCUT2D eigenvalue weighted by molar-refractivity contribution is 14.1. The number of benzene rings is 2. The molecule has 0 spiro atoms. The molecule has 18 heavy (non-hydrogen) atoms. The smallest absolute Gasteiger partial charge is 0.231 e. The first-order valence-corrected chi connectivity index (χ1v) is 7.33. The van der Waals surface area contributed by atoms with Crippen molar-refractivity contribution in [3.8, 4) is 0 Å². The van der Waals surface area contributed by atoms with Crippen molar-refractivity contribution >= 4 is 45.0 Å². The number of alkyl halides is 1. The van der Waals surface area contributed by atoms with Gasteiger partial charge in [-0.2, -0.15) is 0 Å². The van der Waals surface area contributed by atoms with Gasteiger partial charge >= 0.3 is 0 Å². The number of halogens is 1. The van der Waals surface area contributed by atoms with Crippen LogP contribution in [0.15, 0.2) is 42.5 Å². The summed E-state index contributed by atoms with van der Waals surface area (Å²) in [7, 11) is 0. The van der Waals surface area contributed by atoms with Gasteiger partial charge in [0.05, 0.1) is 10.6 Å². The Balaban J connectivity index is 2.19. The largest absolute Gasteiger partial charge is 0.365 e. The molecule has 0 saturated carbocycles. The quantitative estimate of drug-likeness (QED) is 0.503. The first-order chi connectivity index (χ1) is 8.70. The van der Waals surface area contributed by atoms with Crippen molar-refractivity contribution in [1.82, 2.24) is 5.32 Å². The number of hydrogen-bond acceptors (Lipinski definition) is 2. The second kappa shape index (κ2) is 6.04. The Morgan fingerprint density at radius 2 is 1.94 bits per heavy atom. The molecule has 0 aliphatic heterocycles. The standard InChI is InChI=1S/C14H15IN2O/c1-10(17-14(18)9-15)16-13-8-4-6-11-5-2-3-7-12(11)13/h2-8,10,16H,9H2,1H3,(H,17,18). The Hall–Kier alpha value is -1.30. The first kappa shape index (κ1) is 13.1. The lowest BCUT2D eigenvalue weighted by atomic mass is 10.1. The summed E-state index contributed by atoms with van der Waals surface area (Å²) in [6.07, 6.45) is -0.0851. The van der Waals surface area contributed by atoms with Gasteiger partial charge in [-0.15, -0.1) is 0 Å². The maximum atomic E-state index is 11.3. The molecule has 1 unspecified atom stereocenters. The summed E-state index contributed by atoms with van der Waals surface area (Å²) in [5.41, 5.74) is 1.04. The molecule has 94 valence electrons. The van der Waals surface area contributed by atoms with Crippen LogP contribution in [0.3, 0.4) is 0 Å². The maximum Gasteiger partial charge on any atom is 0.231 e. The Bertz CT molecular complexity index is 551. The molecule has 1 atom stereocenters. The van der Waals surface area contributed by atoms with Crippen LogP contribution in [0.25, 0.3) is 10.8 Å². The van der Waals surface area contributed by atoms with E-state index in [4.69, 9.17) is 0 Å². The molecule has 0 fully saturated rings. The molecule has 2 aromatic carbocycles. The summed E-state index contributed by atoms with van der Waals surface area (Å²) in [4.78, 5) is 11.3. The van der Waals surface area contributed by atoms with Gasteiger partial charge in [-0.1, -0.05) is 59.0 Å². The van der Waals surface area contributed by atoms with E-state index in [-0.39, 0.29) is 12.1 Å². The predicted molar refractivity (Wildman–Crippen MR) is 84.1 cm³/mol. The van der Waals surface area contributed by atoms with Crippen LogP contribution in [0.2, 0.25) is 0 Å². The molecular formula is C14H15IN2O. The fourth-order valence-corrected chi connectivity index (χ4v) is 2.12. The molecule has 0 aliphatic carbocycles. The Morgan fingerprint density at radius 1 is 1.22 bits per heavy atom. The fraction of sp³-hybridized carbons (Fsp3) is 0.214. The lowest BCUT2D eigenvalue weighted by molar-refractivity contribution is -0.118. The third-order valence-corrected chi connectivity index (χ3v) is 3.35. The van der Waals surface area contributed by atoms with Crippen molar-refractivity contribution in [3.63, 3.8) is 0 Å². The van der Waals surface area contributed by atoms with Crippen molar-refractivity contribution in [3.05, 3.63) is 42.5 Å². The van der Waals surface area contributed by atoms with Crippen LogP contribution < -0.4 is 10.6 Å². The van der Waals surface area contributed by atoms with E-state index >= 15 is 0 Å². The minimum absolute atomic E-state index is 0.0378. The second-order valence-electron chi connectivity index (χ2n) is 4.09. The normalized spacial score (nSPS) is 12.1. The number of anilines is 1. The summed E-state index contributed by atoms with van der Waals surface area (Å²) < 4.78 is 0.472. The average molecular weight is 354 g/mol. The summed E-state index contributed by atoms with van der Waals surface area (Å²) in [6.45, 7) is 1.94. The molecule has 0 aliphatic rings. The highest BCUT2D eigenvalue weighted by atomic mass is 127. The summed E-state index contributed by atoms with van der Waals surface area (Å²) in [6, 6.07) is 14.3. The molecule has 2 N–H and O–H groups in total. The van der Waals surface area contributed by atoms with E-state index in [9.17, 15) is 4.79 Å². The maximum absolute atomic E-state index is 11.3. The van der Waals surface area contributed by atoms with E-state index < -0.39 is 0 Å². The third kappa shape index (κ3) is 3.13. The van der Waals surface area contributed by atoms with Crippen LogP contribution >= 0.6 is 22.6 Å².